The molecule has 6 nitrogen and oxygen atoms in total. The van der Waals surface area contributed by atoms with E-state index in [0.29, 0.717) is 12.4 Å². The van der Waals surface area contributed by atoms with Gasteiger partial charge in [-0.15, -0.1) is 0 Å². The van der Waals surface area contributed by atoms with E-state index < -0.39 is 11.7 Å². The maximum Gasteiger partial charge on any atom is 0.253 e. The molecule has 2 aromatic rings. The number of hydrogen-bond donors (Lipinski definition) is 2. The van der Waals surface area contributed by atoms with Gasteiger partial charge in [-0.05, 0) is 19.1 Å². The first kappa shape index (κ1) is 13.0. The van der Waals surface area contributed by atoms with E-state index in [-0.39, 0.29) is 17.8 Å². The lowest BCUT2D eigenvalue weighted by Gasteiger charge is -2.11. The molecule has 1 aromatic carbocycles. The summed E-state index contributed by atoms with van der Waals surface area (Å²) in [5, 5.41) is 9.00. The zero-order valence-corrected chi connectivity index (χ0v) is 10.3. The van der Waals surface area contributed by atoms with Gasteiger partial charge in [0.15, 0.2) is 5.82 Å². The van der Waals surface area contributed by atoms with Crippen LogP contribution < -0.4 is 10.6 Å². The summed E-state index contributed by atoms with van der Waals surface area (Å²) >= 11 is 0. The predicted molar refractivity (Wildman–Crippen MR) is 66.0 cm³/mol. The van der Waals surface area contributed by atoms with Crippen LogP contribution in [0.2, 0.25) is 0 Å². The van der Waals surface area contributed by atoms with Gasteiger partial charge in [-0.1, -0.05) is 11.2 Å². The van der Waals surface area contributed by atoms with Crippen molar-refractivity contribution >= 4 is 11.6 Å². The first-order chi connectivity index (χ1) is 9.22. The largest absolute Gasteiger partial charge is 0.382 e. The molecule has 1 amide bonds. The van der Waals surface area contributed by atoms with E-state index in [2.05, 4.69) is 25.3 Å². The van der Waals surface area contributed by atoms with E-state index in [1.165, 1.54) is 18.5 Å². The third kappa shape index (κ3) is 3.06. The molecule has 0 unspecified atom stereocenters. The fourth-order valence-corrected chi connectivity index (χ4v) is 1.59. The minimum atomic E-state index is -0.464. The predicted octanol–water partition coefficient (Wildman–Crippen LogP) is 1.57. The topological polar surface area (TPSA) is 80.0 Å². The Hall–Kier alpha value is -2.44. The average Bonchev–Trinajstić information content (AvgIpc) is 2.92. The summed E-state index contributed by atoms with van der Waals surface area (Å²) in [6.45, 7) is 2.47. The van der Waals surface area contributed by atoms with Crippen molar-refractivity contribution in [1.29, 1.82) is 0 Å². The number of benzene rings is 1. The molecule has 0 fully saturated rings. The van der Waals surface area contributed by atoms with Crippen LogP contribution in [0.4, 0.5) is 10.1 Å². The van der Waals surface area contributed by atoms with Gasteiger partial charge in [0.1, 0.15) is 5.82 Å². The number of para-hydroxylation sites is 1. The maximum atomic E-state index is 13.6. The fraction of sp³-hybridized carbons (Fsp3) is 0.250. The molecule has 0 saturated carbocycles. The number of halogens is 1. The Bertz CT molecular complexity index is 557. The maximum absolute atomic E-state index is 13.6. The molecule has 100 valence electrons. The Labute approximate surface area is 109 Å². The van der Waals surface area contributed by atoms with Gasteiger partial charge < -0.3 is 15.2 Å². The minimum Gasteiger partial charge on any atom is -0.382 e. The van der Waals surface area contributed by atoms with E-state index >= 15 is 0 Å². The number of anilines is 1. The molecule has 2 rings (SSSR count). The summed E-state index contributed by atoms with van der Waals surface area (Å²) in [5.74, 6) is -0.510. The molecule has 1 aromatic heterocycles. The molecular weight excluding hydrogens is 251 g/mol. The van der Waals surface area contributed by atoms with Gasteiger partial charge in [0.2, 0.25) is 6.39 Å². The van der Waals surface area contributed by atoms with Crippen molar-refractivity contribution in [2.45, 2.75) is 13.5 Å². The summed E-state index contributed by atoms with van der Waals surface area (Å²) < 4.78 is 18.2. The van der Waals surface area contributed by atoms with Crippen LogP contribution in [0.1, 0.15) is 23.1 Å². The molecule has 1 heterocycles. The second-order valence-electron chi connectivity index (χ2n) is 3.72. The molecule has 2 N–H and O–H groups in total. The summed E-state index contributed by atoms with van der Waals surface area (Å²) in [6, 6.07) is 4.33. The Morgan fingerprint density at radius 1 is 1.47 bits per heavy atom. The van der Waals surface area contributed by atoms with E-state index in [9.17, 15) is 9.18 Å². The Morgan fingerprint density at radius 3 is 3.00 bits per heavy atom. The molecule has 0 bridgehead atoms. The van der Waals surface area contributed by atoms with Crippen molar-refractivity contribution in [3.8, 4) is 0 Å². The van der Waals surface area contributed by atoms with Crippen LogP contribution in [0.3, 0.4) is 0 Å². The van der Waals surface area contributed by atoms with Crippen LogP contribution in [-0.4, -0.2) is 22.6 Å². The monoisotopic (exact) mass is 264 g/mol. The van der Waals surface area contributed by atoms with E-state index in [1.54, 1.807) is 6.07 Å². The van der Waals surface area contributed by atoms with Gasteiger partial charge in [-0.3, -0.25) is 4.79 Å². The molecule has 0 aliphatic rings. The first-order valence-electron chi connectivity index (χ1n) is 5.78. The number of nitrogens with zero attached hydrogens (tertiary/aromatic N) is 2. The molecule has 0 saturated heterocycles. The van der Waals surface area contributed by atoms with Crippen molar-refractivity contribution in [2.75, 3.05) is 11.9 Å². The average molecular weight is 264 g/mol. The minimum absolute atomic E-state index is 0.122. The molecule has 0 radical (unpaired) electrons. The van der Waals surface area contributed by atoms with Gasteiger partial charge in [0.25, 0.3) is 5.91 Å². The van der Waals surface area contributed by atoms with Crippen molar-refractivity contribution < 1.29 is 13.7 Å². The number of aromatic nitrogens is 2. The summed E-state index contributed by atoms with van der Waals surface area (Å²) in [7, 11) is 0. The zero-order valence-electron chi connectivity index (χ0n) is 10.3. The van der Waals surface area contributed by atoms with Crippen LogP contribution in [0.15, 0.2) is 29.1 Å². The molecular formula is C12H13FN4O2. The molecule has 19 heavy (non-hydrogen) atoms. The van der Waals surface area contributed by atoms with Crippen LogP contribution in [0.25, 0.3) is 0 Å². The summed E-state index contributed by atoms with van der Waals surface area (Å²) in [4.78, 5) is 15.8. The SMILES string of the molecule is CCNc1c(F)cccc1C(=O)NCc1ncon1. The lowest BCUT2D eigenvalue weighted by molar-refractivity contribution is 0.0950. The summed E-state index contributed by atoms with van der Waals surface area (Å²) in [6.07, 6.45) is 1.17. The quantitative estimate of drug-likeness (QED) is 0.856. The van der Waals surface area contributed by atoms with E-state index in [4.69, 9.17) is 0 Å². The second kappa shape index (κ2) is 5.94. The number of hydrogen-bond acceptors (Lipinski definition) is 5. The lowest BCUT2D eigenvalue weighted by atomic mass is 10.1. The number of amides is 1. The van der Waals surface area contributed by atoms with Crippen LogP contribution in [0.5, 0.6) is 0 Å². The normalized spacial score (nSPS) is 10.2. The molecule has 0 spiro atoms. The highest BCUT2D eigenvalue weighted by molar-refractivity contribution is 5.99. The molecule has 7 heteroatoms. The summed E-state index contributed by atoms with van der Waals surface area (Å²) in [5.41, 5.74) is 0.431. The Balaban J connectivity index is 2.12. The van der Waals surface area contributed by atoms with Crippen molar-refractivity contribution in [2.24, 2.45) is 0 Å². The highest BCUT2D eigenvalue weighted by Crippen LogP contribution is 2.19. The fourth-order valence-electron chi connectivity index (χ4n) is 1.59. The third-order valence-electron chi connectivity index (χ3n) is 2.43. The van der Waals surface area contributed by atoms with Gasteiger partial charge in [-0.25, -0.2) is 4.39 Å². The molecule has 0 atom stereocenters. The van der Waals surface area contributed by atoms with Gasteiger partial charge >= 0.3 is 0 Å². The zero-order chi connectivity index (χ0) is 13.7. The highest BCUT2D eigenvalue weighted by Gasteiger charge is 2.14. The Kier molecular flexibility index (Phi) is 4.07. The first-order valence-corrected chi connectivity index (χ1v) is 5.78. The number of carbonyl (C=O) groups is 1. The van der Waals surface area contributed by atoms with Crippen LogP contribution in [-0.2, 0) is 6.54 Å². The van der Waals surface area contributed by atoms with Crippen molar-refractivity contribution in [3.63, 3.8) is 0 Å². The number of carbonyl (C=O) groups excluding carboxylic acids is 1. The third-order valence-corrected chi connectivity index (χ3v) is 2.43. The second-order valence-corrected chi connectivity index (χ2v) is 3.72. The number of nitrogens with one attached hydrogen (secondary N) is 2. The van der Waals surface area contributed by atoms with Crippen LogP contribution in [0, 0.1) is 5.82 Å². The van der Waals surface area contributed by atoms with Gasteiger partial charge in [0, 0.05) is 6.54 Å². The van der Waals surface area contributed by atoms with Crippen molar-refractivity contribution in [3.05, 3.63) is 41.8 Å². The lowest BCUT2D eigenvalue weighted by Crippen LogP contribution is -2.24. The smallest absolute Gasteiger partial charge is 0.253 e. The molecule has 0 aliphatic heterocycles. The molecule has 0 aliphatic carbocycles. The van der Waals surface area contributed by atoms with Gasteiger partial charge in [0.05, 0.1) is 17.8 Å². The van der Waals surface area contributed by atoms with E-state index in [0.717, 1.165) is 0 Å². The number of rotatable bonds is 5. The van der Waals surface area contributed by atoms with E-state index in [1.807, 2.05) is 6.92 Å². The van der Waals surface area contributed by atoms with Crippen LogP contribution >= 0.6 is 0 Å². The van der Waals surface area contributed by atoms with Crippen molar-refractivity contribution in [1.82, 2.24) is 15.5 Å². The standard InChI is InChI=1S/C12H13FN4O2/c1-2-14-11-8(4-3-5-9(11)13)12(18)15-6-10-16-7-19-17-10/h3-5,7,14H,2,6H2,1H3,(H,15,18). The highest BCUT2D eigenvalue weighted by atomic mass is 19.1. The van der Waals surface area contributed by atoms with Gasteiger partial charge in [-0.2, -0.15) is 4.98 Å². The Morgan fingerprint density at radius 2 is 2.32 bits per heavy atom.